The van der Waals surface area contributed by atoms with Gasteiger partial charge in [0, 0.05) is 31.3 Å². The fourth-order valence-electron chi connectivity index (χ4n) is 3.16. The van der Waals surface area contributed by atoms with Crippen LogP contribution >= 0.6 is 24.0 Å². The minimum absolute atomic E-state index is 0. The quantitative estimate of drug-likeness (QED) is 0.270. The number of rotatable bonds is 10. The van der Waals surface area contributed by atoms with Crippen LogP contribution in [0.5, 0.6) is 23.0 Å². The molecular weight excluding hydrogens is 509 g/mol. The van der Waals surface area contributed by atoms with Crippen LogP contribution in [-0.4, -0.2) is 40.9 Å². The van der Waals surface area contributed by atoms with Crippen molar-refractivity contribution in [1.82, 2.24) is 10.6 Å². The molecule has 0 bridgehead atoms. The molecule has 170 valence electrons. The normalized spacial score (nSPS) is 13.1. The second kappa shape index (κ2) is 12.5. The lowest BCUT2D eigenvalue weighted by Gasteiger charge is -2.18. The highest BCUT2D eigenvalue weighted by Crippen LogP contribution is 2.39. The number of methoxy groups -OCH3 is 3. The highest BCUT2D eigenvalue weighted by atomic mass is 127. The molecule has 1 saturated carbocycles. The zero-order chi connectivity index (χ0) is 21.3. The van der Waals surface area contributed by atoms with E-state index >= 15 is 0 Å². The summed E-state index contributed by atoms with van der Waals surface area (Å²) in [6.45, 7) is 1.93. The van der Waals surface area contributed by atoms with Gasteiger partial charge in [-0.1, -0.05) is 18.2 Å². The summed E-state index contributed by atoms with van der Waals surface area (Å²) in [7, 11) is 6.57. The van der Waals surface area contributed by atoms with E-state index in [-0.39, 0.29) is 24.0 Å². The Hall–Kier alpha value is -2.36. The summed E-state index contributed by atoms with van der Waals surface area (Å²) in [5.41, 5.74) is 2.04. The van der Waals surface area contributed by atoms with E-state index in [4.69, 9.17) is 18.9 Å². The van der Waals surface area contributed by atoms with Crippen molar-refractivity contribution in [2.24, 2.45) is 10.9 Å². The van der Waals surface area contributed by atoms with E-state index < -0.39 is 0 Å². The minimum atomic E-state index is 0. The smallest absolute Gasteiger partial charge is 0.203 e. The number of ether oxygens (including phenoxy) is 4. The van der Waals surface area contributed by atoms with Crippen molar-refractivity contribution in [1.29, 1.82) is 0 Å². The molecule has 0 spiro atoms. The lowest BCUT2D eigenvalue weighted by atomic mass is 10.1. The van der Waals surface area contributed by atoms with Crippen LogP contribution in [0, 0.1) is 5.92 Å². The highest BCUT2D eigenvalue weighted by molar-refractivity contribution is 14.0. The van der Waals surface area contributed by atoms with Crippen molar-refractivity contribution in [2.45, 2.75) is 25.9 Å². The molecule has 0 heterocycles. The third-order valence-corrected chi connectivity index (χ3v) is 5.05. The number of benzene rings is 2. The molecule has 31 heavy (non-hydrogen) atoms. The van der Waals surface area contributed by atoms with Gasteiger partial charge in [-0.05, 0) is 37.0 Å². The molecule has 0 atom stereocenters. The van der Waals surface area contributed by atoms with Crippen LogP contribution in [0.3, 0.4) is 0 Å². The fraction of sp³-hybridized carbons (Fsp3) is 0.435. The first-order valence-electron chi connectivity index (χ1n) is 10.1. The molecule has 2 aromatic rings. The van der Waals surface area contributed by atoms with Crippen molar-refractivity contribution in [3.8, 4) is 23.0 Å². The first kappa shape index (κ1) is 24.9. The molecule has 0 radical (unpaired) electrons. The summed E-state index contributed by atoms with van der Waals surface area (Å²) in [6, 6.07) is 11.9. The Balaban J connectivity index is 0.00000341. The summed E-state index contributed by atoms with van der Waals surface area (Å²) in [6.07, 6.45) is 2.55. The highest BCUT2D eigenvalue weighted by Gasteiger charge is 2.22. The summed E-state index contributed by atoms with van der Waals surface area (Å²) < 4.78 is 22.3. The van der Waals surface area contributed by atoms with Crippen molar-refractivity contribution in [2.75, 3.05) is 35.0 Å². The van der Waals surface area contributed by atoms with Crippen LogP contribution in [0.2, 0.25) is 0 Å². The molecule has 0 aromatic heterocycles. The number of aliphatic imine (C=N–C) groups is 1. The third-order valence-electron chi connectivity index (χ3n) is 5.05. The SMILES string of the molecule is CN=C(NCc1ccccc1OCC1CC1)NCc1ccc(OC)c(OC)c1OC.I. The lowest BCUT2D eigenvalue weighted by Crippen LogP contribution is -2.36. The maximum absolute atomic E-state index is 5.99. The van der Waals surface area contributed by atoms with Crippen LogP contribution < -0.4 is 29.6 Å². The maximum Gasteiger partial charge on any atom is 0.203 e. The average Bonchev–Trinajstić information content (AvgIpc) is 3.62. The van der Waals surface area contributed by atoms with Gasteiger partial charge < -0.3 is 29.6 Å². The van der Waals surface area contributed by atoms with E-state index in [1.54, 1.807) is 28.4 Å². The number of para-hydroxylation sites is 1. The van der Waals surface area contributed by atoms with Gasteiger partial charge in [-0.3, -0.25) is 4.99 Å². The predicted octanol–water partition coefficient (Wildman–Crippen LogP) is 3.98. The number of halogens is 1. The van der Waals surface area contributed by atoms with Gasteiger partial charge in [-0.25, -0.2) is 0 Å². The molecule has 7 nitrogen and oxygen atoms in total. The van der Waals surface area contributed by atoms with E-state index in [9.17, 15) is 0 Å². The Morgan fingerprint density at radius 2 is 1.55 bits per heavy atom. The Kier molecular flexibility index (Phi) is 10.0. The molecule has 1 fully saturated rings. The third kappa shape index (κ3) is 6.81. The standard InChI is InChI=1S/C23H31N3O4.HI/c1-24-23(25-13-17-7-5-6-8-19(17)30-15-16-9-10-16)26-14-18-11-12-20(27-2)22(29-4)21(18)28-3;/h5-8,11-12,16H,9-10,13-15H2,1-4H3,(H2,24,25,26);1H. The van der Waals surface area contributed by atoms with E-state index in [1.807, 2.05) is 30.3 Å². The number of nitrogens with one attached hydrogen (secondary N) is 2. The Bertz CT molecular complexity index is 872. The van der Waals surface area contributed by atoms with Gasteiger partial charge in [0.1, 0.15) is 5.75 Å². The van der Waals surface area contributed by atoms with Crippen LogP contribution in [-0.2, 0) is 13.1 Å². The lowest BCUT2D eigenvalue weighted by molar-refractivity contribution is 0.296. The summed E-state index contributed by atoms with van der Waals surface area (Å²) >= 11 is 0. The Morgan fingerprint density at radius 1 is 0.871 bits per heavy atom. The van der Waals surface area contributed by atoms with E-state index in [2.05, 4.69) is 21.7 Å². The van der Waals surface area contributed by atoms with Crippen molar-refractivity contribution in [3.63, 3.8) is 0 Å². The van der Waals surface area contributed by atoms with Crippen LogP contribution in [0.1, 0.15) is 24.0 Å². The Labute approximate surface area is 201 Å². The van der Waals surface area contributed by atoms with Gasteiger partial charge in [0.25, 0.3) is 0 Å². The number of hydrogen-bond donors (Lipinski definition) is 2. The summed E-state index contributed by atoms with van der Waals surface area (Å²) in [4.78, 5) is 4.32. The molecule has 1 aliphatic rings. The molecule has 8 heteroatoms. The van der Waals surface area contributed by atoms with Crippen molar-refractivity contribution in [3.05, 3.63) is 47.5 Å². The monoisotopic (exact) mass is 541 g/mol. The van der Waals surface area contributed by atoms with Gasteiger partial charge in [-0.15, -0.1) is 24.0 Å². The largest absolute Gasteiger partial charge is 0.493 e. The molecule has 2 aromatic carbocycles. The fourth-order valence-corrected chi connectivity index (χ4v) is 3.16. The zero-order valence-corrected chi connectivity index (χ0v) is 20.9. The van der Waals surface area contributed by atoms with Crippen LogP contribution in [0.15, 0.2) is 41.4 Å². The van der Waals surface area contributed by atoms with Gasteiger partial charge in [0.2, 0.25) is 5.75 Å². The summed E-state index contributed by atoms with van der Waals surface area (Å²) in [5.74, 6) is 4.17. The second-order valence-corrected chi connectivity index (χ2v) is 7.13. The first-order valence-corrected chi connectivity index (χ1v) is 10.1. The molecular formula is C23H32IN3O4. The van der Waals surface area contributed by atoms with E-state index in [0.29, 0.717) is 36.3 Å². The van der Waals surface area contributed by atoms with Crippen LogP contribution in [0.25, 0.3) is 0 Å². The first-order chi connectivity index (χ1) is 14.7. The average molecular weight is 541 g/mol. The van der Waals surface area contributed by atoms with Gasteiger partial charge in [-0.2, -0.15) is 0 Å². The number of guanidine groups is 1. The molecule has 0 amide bonds. The zero-order valence-electron chi connectivity index (χ0n) is 18.6. The minimum Gasteiger partial charge on any atom is -0.493 e. The summed E-state index contributed by atoms with van der Waals surface area (Å²) in [5, 5.41) is 6.67. The molecule has 1 aliphatic carbocycles. The second-order valence-electron chi connectivity index (χ2n) is 7.13. The topological polar surface area (TPSA) is 73.3 Å². The Morgan fingerprint density at radius 3 is 2.16 bits per heavy atom. The molecule has 0 saturated heterocycles. The van der Waals surface area contributed by atoms with E-state index in [1.165, 1.54) is 12.8 Å². The van der Waals surface area contributed by atoms with Crippen molar-refractivity contribution >= 4 is 29.9 Å². The van der Waals surface area contributed by atoms with E-state index in [0.717, 1.165) is 29.4 Å². The number of hydrogen-bond acceptors (Lipinski definition) is 5. The molecule has 0 unspecified atom stereocenters. The van der Waals surface area contributed by atoms with Gasteiger partial charge in [0.05, 0.1) is 27.9 Å². The van der Waals surface area contributed by atoms with Gasteiger partial charge in [0.15, 0.2) is 17.5 Å². The van der Waals surface area contributed by atoms with Crippen LogP contribution in [0.4, 0.5) is 0 Å². The molecule has 2 N–H and O–H groups in total. The molecule has 3 rings (SSSR count). The maximum atomic E-state index is 5.99. The number of nitrogens with zero attached hydrogens (tertiary/aromatic N) is 1. The van der Waals surface area contributed by atoms with Gasteiger partial charge >= 0.3 is 0 Å². The molecule has 0 aliphatic heterocycles. The predicted molar refractivity (Wildman–Crippen MR) is 133 cm³/mol. The van der Waals surface area contributed by atoms with Crippen molar-refractivity contribution < 1.29 is 18.9 Å².